The van der Waals surface area contributed by atoms with Gasteiger partial charge in [-0.05, 0) is 25.0 Å². The van der Waals surface area contributed by atoms with Crippen LogP contribution in [0, 0.1) is 0 Å². The molecule has 0 spiro atoms. The predicted molar refractivity (Wildman–Crippen MR) is 72.7 cm³/mol. The lowest BCUT2D eigenvalue weighted by Crippen LogP contribution is -2.24. The van der Waals surface area contributed by atoms with Crippen molar-refractivity contribution in [2.45, 2.75) is 12.8 Å². The molecule has 0 fully saturated rings. The van der Waals surface area contributed by atoms with Crippen LogP contribution in [0.5, 0.6) is 0 Å². The van der Waals surface area contributed by atoms with Crippen LogP contribution in [0.25, 0.3) is 10.2 Å². The molecule has 0 bridgehead atoms. The number of unbranched alkanes of at least 4 members (excludes halogenated alkanes) is 1. The van der Waals surface area contributed by atoms with Crippen LogP contribution in [0.3, 0.4) is 0 Å². The Hall–Kier alpha value is -1.66. The van der Waals surface area contributed by atoms with Gasteiger partial charge < -0.3 is 16.2 Å². The van der Waals surface area contributed by atoms with Crippen molar-refractivity contribution < 1.29 is 9.90 Å². The zero-order valence-corrected chi connectivity index (χ0v) is 10.7. The quantitative estimate of drug-likeness (QED) is 0.713. The van der Waals surface area contributed by atoms with Crippen molar-refractivity contribution in [1.82, 2.24) is 10.3 Å². The van der Waals surface area contributed by atoms with Crippen molar-refractivity contribution in [1.29, 1.82) is 0 Å². The molecule has 5 nitrogen and oxygen atoms in total. The first-order chi connectivity index (χ1) is 8.74. The minimum absolute atomic E-state index is 0.144. The number of carbonyl (C=O) groups is 1. The Morgan fingerprint density at radius 3 is 3.06 bits per heavy atom. The van der Waals surface area contributed by atoms with E-state index in [4.69, 9.17) is 10.8 Å². The molecule has 1 amide bonds. The molecule has 0 aliphatic carbocycles. The summed E-state index contributed by atoms with van der Waals surface area (Å²) in [6, 6.07) is 3.66. The number of nitrogen functional groups attached to an aromatic ring is 1. The first kappa shape index (κ1) is 12.8. The number of fused-ring (bicyclic) bond motifs is 1. The number of anilines is 1. The van der Waals surface area contributed by atoms with Crippen LogP contribution in [0.4, 0.5) is 5.69 Å². The summed E-state index contributed by atoms with van der Waals surface area (Å²) in [5.41, 5.74) is 6.43. The zero-order chi connectivity index (χ0) is 13.0. The van der Waals surface area contributed by atoms with Gasteiger partial charge >= 0.3 is 0 Å². The fourth-order valence-electron chi connectivity index (χ4n) is 1.64. The second-order valence-corrected chi connectivity index (χ2v) is 4.89. The average Bonchev–Trinajstić information content (AvgIpc) is 2.73. The normalized spacial score (nSPS) is 10.7. The van der Waals surface area contributed by atoms with Crippen LogP contribution in [0.15, 0.2) is 18.3 Å². The zero-order valence-electron chi connectivity index (χ0n) is 9.85. The summed E-state index contributed by atoms with van der Waals surface area (Å²) in [7, 11) is 0. The first-order valence-electron chi connectivity index (χ1n) is 5.76. The molecule has 2 aromatic heterocycles. The molecule has 0 radical (unpaired) electrons. The minimum Gasteiger partial charge on any atom is -0.397 e. The molecule has 6 heteroatoms. The van der Waals surface area contributed by atoms with E-state index in [0.717, 1.165) is 16.6 Å². The van der Waals surface area contributed by atoms with E-state index in [1.807, 2.05) is 6.07 Å². The monoisotopic (exact) mass is 265 g/mol. The number of rotatable bonds is 5. The molecule has 4 N–H and O–H groups in total. The highest BCUT2D eigenvalue weighted by atomic mass is 32.1. The molecular weight excluding hydrogens is 250 g/mol. The van der Waals surface area contributed by atoms with Crippen molar-refractivity contribution in [3.63, 3.8) is 0 Å². The SMILES string of the molecule is Nc1c(C(=O)NCCCCO)sc2ncccc12. The van der Waals surface area contributed by atoms with Gasteiger partial charge in [0, 0.05) is 24.7 Å². The van der Waals surface area contributed by atoms with Crippen molar-refractivity contribution in [2.24, 2.45) is 0 Å². The fraction of sp³-hybridized carbons (Fsp3) is 0.333. The van der Waals surface area contributed by atoms with E-state index in [1.165, 1.54) is 11.3 Å². The van der Waals surface area contributed by atoms with Gasteiger partial charge in [-0.15, -0.1) is 11.3 Å². The molecule has 0 atom stereocenters. The van der Waals surface area contributed by atoms with E-state index in [-0.39, 0.29) is 12.5 Å². The number of carbonyl (C=O) groups excluding carboxylic acids is 1. The van der Waals surface area contributed by atoms with E-state index in [9.17, 15) is 4.79 Å². The molecule has 0 aliphatic rings. The van der Waals surface area contributed by atoms with Gasteiger partial charge in [-0.1, -0.05) is 0 Å². The molecule has 2 rings (SSSR count). The van der Waals surface area contributed by atoms with Crippen molar-refractivity contribution in [3.05, 3.63) is 23.2 Å². The molecule has 18 heavy (non-hydrogen) atoms. The third-order valence-electron chi connectivity index (χ3n) is 2.58. The molecule has 0 aromatic carbocycles. The lowest BCUT2D eigenvalue weighted by atomic mass is 10.2. The van der Waals surface area contributed by atoms with E-state index in [1.54, 1.807) is 12.3 Å². The highest BCUT2D eigenvalue weighted by Crippen LogP contribution is 2.31. The standard InChI is InChI=1S/C12H15N3O2S/c13-9-8-4-3-6-15-12(8)18-10(9)11(17)14-5-1-2-7-16/h3-4,6,16H,1-2,5,7,13H2,(H,14,17). The number of pyridine rings is 1. The van der Waals surface area contributed by atoms with Gasteiger partial charge in [-0.2, -0.15) is 0 Å². The number of thiophene rings is 1. The molecule has 0 saturated carbocycles. The van der Waals surface area contributed by atoms with Gasteiger partial charge in [0.15, 0.2) is 0 Å². The number of amides is 1. The largest absolute Gasteiger partial charge is 0.397 e. The fourth-order valence-corrected chi connectivity index (χ4v) is 2.62. The summed E-state index contributed by atoms with van der Waals surface area (Å²) >= 11 is 1.30. The van der Waals surface area contributed by atoms with E-state index < -0.39 is 0 Å². The molecule has 96 valence electrons. The maximum atomic E-state index is 11.9. The topological polar surface area (TPSA) is 88.2 Å². The maximum Gasteiger partial charge on any atom is 0.263 e. The number of hydrogen-bond acceptors (Lipinski definition) is 5. The Balaban J connectivity index is 2.10. The van der Waals surface area contributed by atoms with Crippen LogP contribution in [-0.2, 0) is 0 Å². The number of nitrogens with two attached hydrogens (primary N) is 1. The highest BCUT2D eigenvalue weighted by molar-refractivity contribution is 7.21. The molecule has 0 aliphatic heterocycles. The minimum atomic E-state index is -0.173. The molecule has 0 saturated heterocycles. The smallest absolute Gasteiger partial charge is 0.263 e. The Morgan fingerprint density at radius 1 is 1.50 bits per heavy atom. The maximum absolute atomic E-state index is 11.9. The Bertz CT molecular complexity index is 553. The average molecular weight is 265 g/mol. The highest BCUT2D eigenvalue weighted by Gasteiger charge is 2.16. The van der Waals surface area contributed by atoms with Gasteiger partial charge in [0.2, 0.25) is 0 Å². The molecule has 2 aromatic rings. The summed E-state index contributed by atoms with van der Waals surface area (Å²) < 4.78 is 0. The molecular formula is C12H15N3O2S. The van der Waals surface area contributed by atoms with Gasteiger partial charge in [0.25, 0.3) is 5.91 Å². The second kappa shape index (κ2) is 5.79. The van der Waals surface area contributed by atoms with Gasteiger partial charge in [0.05, 0.1) is 5.69 Å². The van der Waals surface area contributed by atoms with Crippen molar-refractivity contribution in [3.8, 4) is 0 Å². The van der Waals surface area contributed by atoms with E-state index in [2.05, 4.69) is 10.3 Å². The summed E-state index contributed by atoms with van der Waals surface area (Å²) in [6.07, 6.45) is 3.12. The van der Waals surface area contributed by atoms with Gasteiger partial charge in [-0.25, -0.2) is 4.98 Å². The third kappa shape index (κ3) is 2.60. The second-order valence-electron chi connectivity index (χ2n) is 3.89. The summed E-state index contributed by atoms with van der Waals surface area (Å²) in [6.45, 7) is 0.686. The van der Waals surface area contributed by atoms with Crippen LogP contribution < -0.4 is 11.1 Å². The van der Waals surface area contributed by atoms with Crippen LogP contribution >= 0.6 is 11.3 Å². The Morgan fingerprint density at radius 2 is 2.33 bits per heavy atom. The summed E-state index contributed by atoms with van der Waals surface area (Å²) in [5.74, 6) is -0.173. The molecule has 2 heterocycles. The number of hydrogen-bond donors (Lipinski definition) is 3. The lowest BCUT2D eigenvalue weighted by Gasteiger charge is -2.03. The van der Waals surface area contributed by atoms with E-state index in [0.29, 0.717) is 23.5 Å². The first-order valence-corrected chi connectivity index (χ1v) is 6.57. The number of aliphatic hydroxyl groups excluding tert-OH is 1. The summed E-state index contributed by atoms with van der Waals surface area (Å²) in [5, 5.41) is 12.3. The van der Waals surface area contributed by atoms with E-state index >= 15 is 0 Å². The van der Waals surface area contributed by atoms with Crippen molar-refractivity contribution in [2.75, 3.05) is 18.9 Å². The Labute approximate surface area is 109 Å². The Kier molecular flexibility index (Phi) is 4.11. The number of nitrogens with one attached hydrogen (secondary N) is 1. The van der Waals surface area contributed by atoms with Crippen molar-refractivity contribution >= 4 is 33.1 Å². The number of aliphatic hydroxyl groups is 1. The molecule has 0 unspecified atom stereocenters. The predicted octanol–water partition coefficient (Wildman–Crippen LogP) is 1.38. The van der Waals surface area contributed by atoms with Crippen LogP contribution in [0.2, 0.25) is 0 Å². The number of nitrogens with zero attached hydrogens (tertiary/aromatic N) is 1. The van der Waals surface area contributed by atoms with Crippen LogP contribution in [-0.4, -0.2) is 29.1 Å². The summed E-state index contributed by atoms with van der Waals surface area (Å²) in [4.78, 5) is 17.4. The van der Waals surface area contributed by atoms with Crippen LogP contribution in [0.1, 0.15) is 22.5 Å². The lowest BCUT2D eigenvalue weighted by molar-refractivity contribution is 0.0957. The van der Waals surface area contributed by atoms with Gasteiger partial charge in [-0.3, -0.25) is 4.79 Å². The number of aromatic nitrogens is 1. The third-order valence-corrected chi connectivity index (χ3v) is 3.71. The van der Waals surface area contributed by atoms with Gasteiger partial charge in [0.1, 0.15) is 9.71 Å².